The highest BCUT2D eigenvalue weighted by atomic mass is 35.5. The van der Waals surface area contributed by atoms with E-state index in [4.69, 9.17) is 79.1 Å². The lowest BCUT2D eigenvalue weighted by Gasteiger charge is -2.10. The van der Waals surface area contributed by atoms with E-state index in [-0.39, 0.29) is 10.7 Å². The van der Waals surface area contributed by atoms with Gasteiger partial charge >= 0.3 is 30.0 Å². The molecule has 0 spiro atoms. The number of carbonyl (C=O) groups is 5. The third-order valence-electron chi connectivity index (χ3n) is 19.1. The van der Waals surface area contributed by atoms with E-state index in [1.165, 1.54) is 113 Å². The molecule has 0 aliphatic rings. The van der Waals surface area contributed by atoms with Crippen molar-refractivity contribution in [1.82, 2.24) is 43.7 Å². The molecule has 0 aliphatic heterocycles. The lowest BCUT2D eigenvalue weighted by Crippen LogP contribution is -2.32. The van der Waals surface area contributed by atoms with E-state index in [1.54, 1.807) is 42.5 Å². The number of nitrogens with zero attached hydrogens (tertiary/aromatic N) is 9. The van der Waals surface area contributed by atoms with Gasteiger partial charge in [0.05, 0.1) is 99.6 Å². The molecule has 6 aromatic carbocycles. The van der Waals surface area contributed by atoms with Crippen LogP contribution in [0.5, 0.6) is 0 Å². The fourth-order valence-electron chi connectivity index (χ4n) is 13.1. The van der Waals surface area contributed by atoms with Gasteiger partial charge in [-0.1, -0.05) is 205 Å². The first-order valence-electron chi connectivity index (χ1n) is 39.2. The van der Waals surface area contributed by atoms with E-state index in [0.29, 0.717) is 104 Å². The number of hydrogen-bond acceptors (Lipinski definition) is 10. The minimum absolute atomic E-state index is 0.274. The molecule has 3 heterocycles. The van der Waals surface area contributed by atoms with Crippen molar-refractivity contribution in [2.45, 2.75) is 244 Å². The summed E-state index contributed by atoms with van der Waals surface area (Å²) < 4.78 is 22.9. The first-order chi connectivity index (χ1) is 53.5. The van der Waals surface area contributed by atoms with Crippen LogP contribution in [0.2, 0.25) is 30.1 Å². The molecule has 0 bridgehead atoms. The Kier molecular flexibility index (Phi) is 37.7. The number of carbonyl (C=O) groups excluding carboxylic acids is 5. The average molecular weight is 1640 g/mol. The molecule has 9 aromatic rings. The van der Waals surface area contributed by atoms with Crippen LogP contribution in [0.1, 0.15) is 221 Å². The fraction of sp³-hybridized carbons (Fsp3) is 0.470. The van der Waals surface area contributed by atoms with Crippen LogP contribution in [0.25, 0.3) is 33.1 Å². The maximum Gasteiger partial charge on any atom is 0.339 e. The molecule has 0 aliphatic carbocycles. The molecule has 6 N–H and O–H groups in total. The number of amides is 6. The molecular weight excluding hydrogens is 1530 g/mol. The lowest BCUT2D eigenvalue weighted by molar-refractivity contribution is 0.0488. The molecular formula is C83H111Cl6N15O7. The largest absolute Gasteiger partial charge is 0.462 e. The van der Waals surface area contributed by atoms with Crippen LogP contribution >= 0.6 is 69.6 Å². The van der Waals surface area contributed by atoms with E-state index in [0.717, 1.165) is 90.3 Å². The Labute approximate surface area is 682 Å². The Morgan fingerprint density at radius 3 is 0.964 bits per heavy atom. The number of ether oxygens (including phenoxy) is 2. The van der Waals surface area contributed by atoms with Crippen LogP contribution in [0.4, 0.5) is 31.4 Å². The molecule has 28 heteroatoms. The average Bonchev–Trinajstić information content (AvgIpc) is 1.63. The highest BCUT2D eigenvalue weighted by Gasteiger charge is 2.19. The topological polar surface area (TPSA) is 243 Å². The number of urea groups is 3. The van der Waals surface area contributed by atoms with Crippen molar-refractivity contribution < 1.29 is 33.4 Å². The number of anilines is 3. The van der Waals surface area contributed by atoms with Crippen molar-refractivity contribution in [3.63, 3.8) is 0 Å². The molecule has 9 rings (SSSR count). The van der Waals surface area contributed by atoms with Gasteiger partial charge in [0.15, 0.2) is 0 Å². The first-order valence-corrected chi connectivity index (χ1v) is 41.5. The van der Waals surface area contributed by atoms with Crippen molar-refractivity contribution in [3.05, 3.63) is 172 Å². The van der Waals surface area contributed by atoms with Gasteiger partial charge in [-0.15, -0.1) is 15.3 Å². The predicted octanol–water partition coefficient (Wildman–Crippen LogP) is 22.4. The number of aryl methyl sites for hydroxylation is 9. The van der Waals surface area contributed by atoms with Crippen molar-refractivity contribution in [1.29, 1.82) is 0 Å². The van der Waals surface area contributed by atoms with Crippen LogP contribution in [0.15, 0.2) is 112 Å². The number of esters is 2. The summed E-state index contributed by atoms with van der Waals surface area (Å²) in [7, 11) is 0. The summed E-state index contributed by atoms with van der Waals surface area (Å²) >= 11 is 37.5. The zero-order chi connectivity index (χ0) is 80.5. The Hall–Kier alpha value is -8.38. The summed E-state index contributed by atoms with van der Waals surface area (Å²) in [5.41, 5.74) is 20.5. The van der Waals surface area contributed by atoms with E-state index in [9.17, 15) is 24.0 Å². The summed E-state index contributed by atoms with van der Waals surface area (Å²) in [5, 5.41) is 23.8. The molecule has 6 amide bonds. The monoisotopic (exact) mass is 1640 g/mol. The number of benzene rings is 6. The number of hydrogen-bond donors (Lipinski definition) is 6. The SMILES string of the molecule is CCCCCCCCCCCCOC(=O)c1ccc(Cl)c(NC(=O)N/N=c2/n(CC)c3ccc(Cl)cc3n2CC)c1.CCCCCCCCCCCCOC(=O)c1ccc(Cl)c(NC(=O)NN=c2n(CC)c3cc(Cl)c(Cl)cc3n2CC)c1.CCn1c(=NNC(=O)Nc2cc(C)ccc2Cl)n(CC)c2cc(C)c(C)cc21. The number of fused-ring (bicyclic) bond motifs is 3. The third-order valence-corrected chi connectivity index (χ3v) is 21.1. The Morgan fingerprint density at radius 2 is 0.622 bits per heavy atom. The van der Waals surface area contributed by atoms with Gasteiger partial charge in [0, 0.05) is 44.3 Å². The van der Waals surface area contributed by atoms with Crippen LogP contribution in [0, 0.1) is 20.8 Å². The van der Waals surface area contributed by atoms with Gasteiger partial charge < -0.3 is 52.8 Å². The highest BCUT2D eigenvalue weighted by Crippen LogP contribution is 2.30. The van der Waals surface area contributed by atoms with Crippen LogP contribution < -0.4 is 49.1 Å². The molecule has 0 saturated carbocycles. The number of aromatic nitrogens is 6. The van der Waals surface area contributed by atoms with Crippen LogP contribution in [-0.2, 0) is 48.7 Å². The molecule has 0 atom stereocenters. The number of nitrogens with one attached hydrogen (secondary N) is 6. The third kappa shape index (κ3) is 26.1. The predicted molar refractivity (Wildman–Crippen MR) is 455 cm³/mol. The van der Waals surface area contributed by atoms with Gasteiger partial charge in [-0.3, -0.25) is 0 Å². The molecule has 22 nitrogen and oxygen atoms in total. The molecule has 0 radical (unpaired) electrons. The number of unbranched alkanes of at least 4 members (excludes halogenated alkanes) is 18. The van der Waals surface area contributed by atoms with Crippen molar-refractivity contribution >= 4 is 150 Å². The van der Waals surface area contributed by atoms with Gasteiger partial charge in [-0.05, 0) is 183 Å². The van der Waals surface area contributed by atoms with Gasteiger partial charge in [0.25, 0.3) is 0 Å². The van der Waals surface area contributed by atoms with Crippen LogP contribution in [0.3, 0.4) is 0 Å². The summed E-state index contributed by atoms with van der Waals surface area (Å²) in [6.45, 7) is 27.4. The standard InChI is InChI=1S/C31H42Cl3N5O3.C31H43Cl2N5O3.C21H26ClN5O/c1-4-7-8-9-10-11-12-13-14-15-18-42-29(40)22-16-17-23(32)26(19-22)35-30(41)36-37-31-38(5-2)27-20-24(33)25(34)21-28(27)39(31)6-3;1-4-7-8-9-10-11-12-13-14-15-20-41-29(39)23-16-18-25(33)26(21-23)34-30(40)35-36-31-37(5-2)27-19-17-24(32)22-28(27)38(31)6-3;1-6-26-18-11-14(4)15(5)12-19(18)27(7-2)21(26)25-24-20(28)23-17-10-13(3)8-9-16(17)22/h16-17,19-21H,4-15,18H2,1-3H3,(H2,35,36,41);16-19,21-22H,4-15,20H2,1-3H3,(H2,34,35,40);8-12H,6-7H2,1-5H3,(H2,23,24,28)/b;36-31-;. The molecule has 602 valence electrons. The number of imidazole rings is 3. The highest BCUT2D eigenvalue weighted by molar-refractivity contribution is 6.42. The molecule has 0 unspecified atom stereocenters. The number of halogens is 6. The van der Waals surface area contributed by atoms with Crippen LogP contribution in [-0.4, -0.2) is 70.6 Å². The second kappa shape index (κ2) is 46.6. The van der Waals surface area contributed by atoms with E-state index >= 15 is 0 Å². The zero-order valence-electron chi connectivity index (χ0n) is 66.2. The Balaban J connectivity index is 0.000000236. The van der Waals surface area contributed by atoms with E-state index < -0.39 is 30.0 Å². The van der Waals surface area contributed by atoms with Gasteiger partial charge in [-0.2, -0.15) is 0 Å². The summed E-state index contributed by atoms with van der Waals surface area (Å²) in [5.74, 6) is -0.898. The smallest absolute Gasteiger partial charge is 0.339 e. The second-order valence-electron chi connectivity index (χ2n) is 27.2. The van der Waals surface area contributed by atoms with Gasteiger partial charge in [0.1, 0.15) is 0 Å². The maximum absolute atomic E-state index is 12.8. The maximum atomic E-state index is 12.8. The minimum atomic E-state index is -0.612. The zero-order valence-corrected chi connectivity index (χ0v) is 70.7. The number of rotatable bonds is 36. The van der Waals surface area contributed by atoms with Crippen molar-refractivity contribution in [2.75, 3.05) is 29.2 Å². The van der Waals surface area contributed by atoms with Gasteiger partial charge in [0.2, 0.25) is 16.9 Å². The Bertz CT molecular complexity index is 4740. The van der Waals surface area contributed by atoms with Crippen molar-refractivity contribution in [2.24, 2.45) is 15.3 Å². The Morgan fingerprint density at radius 1 is 0.324 bits per heavy atom. The molecule has 0 saturated heterocycles. The normalized spacial score (nSPS) is 11.3. The summed E-state index contributed by atoms with van der Waals surface area (Å²) in [6.07, 6.45) is 24.2. The minimum Gasteiger partial charge on any atom is -0.462 e. The second-order valence-corrected chi connectivity index (χ2v) is 29.7. The van der Waals surface area contributed by atoms with E-state index in [1.807, 2.05) is 83.2 Å². The quantitative estimate of drug-likeness (QED) is 0.0126. The van der Waals surface area contributed by atoms with E-state index in [2.05, 4.69) is 110 Å². The van der Waals surface area contributed by atoms with Gasteiger partial charge in [-0.25, -0.2) is 40.3 Å². The first kappa shape index (κ1) is 89.8. The lowest BCUT2D eigenvalue weighted by atomic mass is 10.1. The molecule has 0 fully saturated rings. The molecule has 3 aromatic heterocycles. The van der Waals surface area contributed by atoms with Crippen molar-refractivity contribution in [3.8, 4) is 0 Å². The summed E-state index contributed by atoms with van der Waals surface area (Å²) in [4.78, 5) is 63.1. The fourth-order valence-corrected chi connectivity index (χ4v) is 14.1. The summed E-state index contributed by atoms with van der Waals surface area (Å²) in [6, 6.07) is 26.7. The molecule has 111 heavy (non-hydrogen) atoms.